The molecule has 2 fully saturated rings. The molecule has 0 aromatic heterocycles. The van der Waals surface area contributed by atoms with Crippen molar-refractivity contribution < 1.29 is 9.53 Å². The van der Waals surface area contributed by atoms with Crippen LogP contribution in [0.4, 0.5) is 0 Å². The van der Waals surface area contributed by atoms with Crippen LogP contribution >= 0.6 is 6.04 Å². The summed E-state index contributed by atoms with van der Waals surface area (Å²) in [5.74, 6) is -0.239. The zero-order valence-corrected chi connectivity index (χ0v) is 19.7. The maximum Gasteiger partial charge on any atom is 0.330 e. The van der Waals surface area contributed by atoms with Gasteiger partial charge >= 0.3 is 5.97 Å². The Balaban J connectivity index is 1.89. The van der Waals surface area contributed by atoms with Crippen LogP contribution in [0.2, 0.25) is 0 Å². The van der Waals surface area contributed by atoms with E-state index >= 15 is 0 Å². The summed E-state index contributed by atoms with van der Waals surface area (Å²) >= 11 is 6.72. The highest BCUT2D eigenvalue weighted by Crippen LogP contribution is 2.62. The highest BCUT2D eigenvalue weighted by molar-refractivity contribution is 8.19. The first-order chi connectivity index (χ1) is 14.2. The van der Waals surface area contributed by atoms with Crippen molar-refractivity contribution in [2.45, 2.75) is 95.3 Å². The first-order valence-electron chi connectivity index (χ1n) is 11.7. The first kappa shape index (κ1) is 22.8. The van der Waals surface area contributed by atoms with E-state index in [0.717, 1.165) is 18.4 Å². The number of esters is 1. The minimum absolute atomic E-state index is 0.239. The molecule has 29 heavy (non-hydrogen) atoms. The van der Waals surface area contributed by atoms with Gasteiger partial charge in [0.1, 0.15) is 0 Å². The third kappa shape index (κ3) is 5.82. The standard InChI is InChI=1S/C25H37O2PS/c1-2-3-20-27-25(26)19-18-21-12-10-11-17-24(21)28(29,22-13-6-4-7-14-22)23-15-8-5-9-16-23/h10-12,17-19,22-23H,2-9,13-16,20H2,1H3/b19-18+. The number of unbranched alkanes of at least 4 members (excludes halogenated alkanes) is 1. The molecule has 3 rings (SSSR count). The van der Waals surface area contributed by atoms with E-state index in [1.54, 1.807) is 6.08 Å². The summed E-state index contributed by atoms with van der Waals surface area (Å²) in [6.45, 7) is 2.60. The molecule has 2 saturated carbocycles. The van der Waals surface area contributed by atoms with Gasteiger partial charge in [0.15, 0.2) is 0 Å². The first-order valence-corrected chi connectivity index (χ1v) is 14.6. The normalized spacial score (nSPS) is 19.5. The van der Waals surface area contributed by atoms with Crippen molar-refractivity contribution in [3.8, 4) is 0 Å². The van der Waals surface area contributed by atoms with E-state index in [1.165, 1.54) is 69.5 Å². The van der Waals surface area contributed by atoms with Crippen molar-refractivity contribution >= 4 is 35.2 Å². The lowest BCUT2D eigenvalue weighted by Gasteiger charge is -2.42. The van der Waals surface area contributed by atoms with E-state index in [1.807, 2.05) is 6.08 Å². The van der Waals surface area contributed by atoms with E-state index < -0.39 is 6.04 Å². The summed E-state index contributed by atoms with van der Waals surface area (Å²) in [7, 11) is 0. The average molecular weight is 433 g/mol. The van der Waals surface area contributed by atoms with Gasteiger partial charge in [-0.05, 0) is 66.4 Å². The number of carbonyl (C=O) groups is 1. The predicted molar refractivity (Wildman–Crippen MR) is 129 cm³/mol. The van der Waals surface area contributed by atoms with Crippen LogP contribution in [0.5, 0.6) is 0 Å². The van der Waals surface area contributed by atoms with Gasteiger partial charge in [-0.3, -0.25) is 0 Å². The van der Waals surface area contributed by atoms with Crippen molar-refractivity contribution in [1.29, 1.82) is 0 Å². The van der Waals surface area contributed by atoms with E-state index in [0.29, 0.717) is 17.9 Å². The highest BCUT2D eigenvalue weighted by atomic mass is 32.4. The van der Waals surface area contributed by atoms with Gasteiger partial charge in [0, 0.05) is 6.08 Å². The van der Waals surface area contributed by atoms with Gasteiger partial charge in [-0.15, -0.1) is 0 Å². The molecular formula is C25H37O2PS. The molecule has 2 nitrogen and oxygen atoms in total. The molecule has 0 amide bonds. The van der Waals surface area contributed by atoms with Gasteiger partial charge in [0.25, 0.3) is 0 Å². The summed E-state index contributed by atoms with van der Waals surface area (Å²) in [4.78, 5) is 12.1. The number of rotatable bonds is 8. The molecule has 0 unspecified atom stereocenters. The van der Waals surface area contributed by atoms with Gasteiger partial charge in [-0.2, -0.15) is 0 Å². The maximum atomic E-state index is 12.1. The Kier molecular flexibility index (Phi) is 9.00. The third-order valence-corrected chi connectivity index (χ3v) is 13.4. The van der Waals surface area contributed by atoms with Crippen molar-refractivity contribution in [2.75, 3.05) is 6.61 Å². The smallest absolute Gasteiger partial charge is 0.330 e. The molecule has 4 heteroatoms. The molecule has 0 bridgehead atoms. The van der Waals surface area contributed by atoms with Gasteiger partial charge in [-0.1, -0.05) is 87.9 Å². The molecule has 0 radical (unpaired) electrons. The molecule has 2 aliphatic rings. The molecule has 0 atom stereocenters. The maximum absolute atomic E-state index is 12.1. The fourth-order valence-corrected chi connectivity index (χ4v) is 11.4. The Morgan fingerprint density at radius 2 is 1.62 bits per heavy atom. The van der Waals surface area contributed by atoms with E-state index in [9.17, 15) is 4.79 Å². The quantitative estimate of drug-likeness (QED) is 0.195. The van der Waals surface area contributed by atoms with E-state index in [-0.39, 0.29) is 5.97 Å². The number of ether oxygens (including phenoxy) is 1. The Bertz CT molecular complexity index is 708. The van der Waals surface area contributed by atoms with Crippen molar-refractivity contribution in [1.82, 2.24) is 0 Å². The van der Waals surface area contributed by atoms with Gasteiger partial charge in [0.2, 0.25) is 0 Å². The molecule has 0 N–H and O–H groups in total. The van der Waals surface area contributed by atoms with Crippen LogP contribution in [0.3, 0.4) is 0 Å². The van der Waals surface area contributed by atoms with Crippen molar-refractivity contribution in [3.05, 3.63) is 35.9 Å². The third-order valence-electron chi connectivity index (χ3n) is 6.69. The lowest BCUT2D eigenvalue weighted by Crippen LogP contribution is -2.30. The second-order valence-electron chi connectivity index (χ2n) is 8.71. The zero-order valence-electron chi connectivity index (χ0n) is 18.0. The number of carbonyl (C=O) groups excluding carboxylic acids is 1. The minimum Gasteiger partial charge on any atom is -0.463 e. The van der Waals surface area contributed by atoms with Crippen LogP contribution < -0.4 is 5.30 Å². The molecule has 2 aliphatic carbocycles. The number of benzene rings is 1. The van der Waals surface area contributed by atoms with Crippen LogP contribution in [-0.2, 0) is 21.3 Å². The lowest BCUT2D eigenvalue weighted by atomic mass is 9.99. The Labute approximate surface area is 182 Å². The summed E-state index contributed by atoms with van der Waals surface area (Å²) in [6.07, 6.45) is 18.8. The second-order valence-corrected chi connectivity index (χ2v) is 13.9. The molecule has 1 aromatic carbocycles. The summed E-state index contributed by atoms with van der Waals surface area (Å²) in [5.41, 5.74) is 2.51. The monoisotopic (exact) mass is 432 g/mol. The number of hydrogen-bond donors (Lipinski definition) is 0. The van der Waals surface area contributed by atoms with E-state index in [2.05, 4.69) is 31.2 Å². The largest absolute Gasteiger partial charge is 0.463 e. The van der Waals surface area contributed by atoms with Crippen LogP contribution in [0, 0.1) is 0 Å². The highest BCUT2D eigenvalue weighted by Gasteiger charge is 2.39. The second kappa shape index (κ2) is 11.5. The van der Waals surface area contributed by atoms with Gasteiger partial charge in [-0.25, -0.2) is 4.79 Å². The minimum atomic E-state index is -1.72. The van der Waals surface area contributed by atoms with Gasteiger partial charge < -0.3 is 4.74 Å². The summed E-state index contributed by atoms with van der Waals surface area (Å²) in [6, 6.07) is 6.95. The zero-order chi connectivity index (χ0) is 20.5. The molecule has 0 aliphatic heterocycles. The van der Waals surface area contributed by atoms with Crippen LogP contribution in [0.15, 0.2) is 30.3 Å². The van der Waals surface area contributed by atoms with Crippen LogP contribution in [0.1, 0.15) is 89.5 Å². The fraction of sp³-hybridized carbons (Fsp3) is 0.640. The molecule has 160 valence electrons. The average Bonchev–Trinajstić information content (AvgIpc) is 2.79. The Morgan fingerprint density at radius 3 is 2.21 bits per heavy atom. The molecule has 0 heterocycles. The van der Waals surface area contributed by atoms with Gasteiger partial charge in [0.05, 0.1) is 6.61 Å². The summed E-state index contributed by atoms with van der Waals surface area (Å²) in [5, 5.41) is 1.38. The van der Waals surface area contributed by atoms with Crippen LogP contribution in [-0.4, -0.2) is 23.9 Å². The van der Waals surface area contributed by atoms with E-state index in [4.69, 9.17) is 16.5 Å². The molecule has 1 aromatic rings. The fourth-order valence-electron chi connectivity index (χ4n) is 5.09. The Hall–Kier alpha value is -0.920. The van der Waals surface area contributed by atoms with Crippen molar-refractivity contribution in [3.63, 3.8) is 0 Å². The molecule has 0 spiro atoms. The molecular weight excluding hydrogens is 395 g/mol. The number of hydrogen-bond acceptors (Lipinski definition) is 3. The Morgan fingerprint density at radius 1 is 1.03 bits per heavy atom. The SMILES string of the molecule is CCCCOC(=O)/C=C/c1ccccc1P(=S)(C1CCCCC1)C1CCCCC1. The lowest BCUT2D eigenvalue weighted by molar-refractivity contribution is -0.137. The van der Waals surface area contributed by atoms with Crippen molar-refractivity contribution in [2.24, 2.45) is 0 Å². The van der Waals surface area contributed by atoms with Crippen LogP contribution in [0.25, 0.3) is 6.08 Å². The predicted octanol–water partition coefficient (Wildman–Crippen LogP) is 6.81. The topological polar surface area (TPSA) is 26.3 Å². The molecule has 0 saturated heterocycles. The summed E-state index contributed by atoms with van der Waals surface area (Å²) < 4.78 is 5.32.